The summed E-state index contributed by atoms with van der Waals surface area (Å²) in [5.74, 6) is 0.906. The molecule has 1 aromatic heterocycles. The maximum atomic E-state index is 5.65. The molecule has 0 spiro atoms. The van der Waals surface area contributed by atoms with Crippen LogP contribution in [0.25, 0.3) is 0 Å². The number of aromatic nitrogens is 1. The highest BCUT2D eigenvalue weighted by Crippen LogP contribution is 2.16. The number of pyridine rings is 1. The van der Waals surface area contributed by atoms with Crippen molar-refractivity contribution >= 4 is 11.5 Å². The lowest BCUT2D eigenvalue weighted by molar-refractivity contribution is 0.0247. The van der Waals surface area contributed by atoms with E-state index in [2.05, 4.69) is 10.3 Å². The molecule has 1 aliphatic rings. The third kappa shape index (κ3) is 2.85. The Balaban J connectivity index is 1.88. The first-order chi connectivity index (χ1) is 7.75. The van der Waals surface area contributed by atoms with Crippen LogP contribution in [0.2, 0.25) is 0 Å². The molecule has 88 valence electrons. The third-order valence-corrected chi connectivity index (χ3v) is 2.87. The van der Waals surface area contributed by atoms with Crippen molar-refractivity contribution in [2.75, 3.05) is 24.2 Å². The molecule has 0 saturated carbocycles. The molecule has 2 rings (SSSR count). The average molecular weight is 221 g/mol. The number of anilines is 2. The minimum atomic E-state index is 0.326. The Bertz CT molecular complexity index is 348. The van der Waals surface area contributed by atoms with E-state index in [9.17, 15) is 0 Å². The van der Waals surface area contributed by atoms with E-state index in [-0.39, 0.29) is 0 Å². The number of nitrogens with one attached hydrogen (secondary N) is 1. The van der Waals surface area contributed by atoms with Crippen LogP contribution in [0, 0.1) is 6.92 Å². The lowest BCUT2D eigenvalue weighted by Crippen LogP contribution is -2.27. The van der Waals surface area contributed by atoms with Gasteiger partial charge in [0.25, 0.3) is 0 Å². The molecule has 4 heteroatoms. The van der Waals surface area contributed by atoms with Gasteiger partial charge >= 0.3 is 0 Å². The third-order valence-electron chi connectivity index (χ3n) is 2.87. The average Bonchev–Trinajstić information content (AvgIpc) is 2.29. The molecule has 0 aliphatic carbocycles. The minimum absolute atomic E-state index is 0.326. The zero-order valence-electron chi connectivity index (χ0n) is 9.70. The molecule has 1 unspecified atom stereocenters. The lowest BCUT2D eigenvalue weighted by atomic mass is 10.1. The molecule has 0 amide bonds. The van der Waals surface area contributed by atoms with Crippen LogP contribution in [-0.2, 0) is 4.74 Å². The van der Waals surface area contributed by atoms with Gasteiger partial charge in [-0.3, -0.25) is 0 Å². The summed E-state index contributed by atoms with van der Waals surface area (Å²) in [6, 6.07) is 1.93. The van der Waals surface area contributed by atoms with E-state index in [4.69, 9.17) is 10.5 Å². The normalized spacial score (nSPS) is 20.7. The first-order valence-corrected chi connectivity index (χ1v) is 5.83. The summed E-state index contributed by atoms with van der Waals surface area (Å²) in [6.45, 7) is 3.73. The monoisotopic (exact) mass is 221 g/mol. The Hall–Kier alpha value is -1.29. The van der Waals surface area contributed by atoms with Crippen LogP contribution in [0.5, 0.6) is 0 Å². The smallest absolute Gasteiger partial charge is 0.129 e. The summed E-state index contributed by atoms with van der Waals surface area (Å²) in [6.07, 6.45) is 5.60. The fourth-order valence-corrected chi connectivity index (χ4v) is 1.96. The number of ether oxygens (including phenoxy) is 1. The highest BCUT2D eigenvalue weighted by atomic mass is 16.5. The second-order valence-electron chi connectivity index (χ2n) is 4.30. The maximum Gasteiger partial charge on any atom is 0.129 e. The largest absolute Gasteiger partial charge is 0.397 e. The van der Waals surface area contributed by atoms with Crippen LogP contribution >= 0.6 is 0 Å². The number of rotatable bonds is 3. The molecular formula is C12H19N3O. The van der Waals surface area contributed by atoms with Gasteiger partial charge in [0.2, 0.25) is 0 Å². The molecule has 1 saturated heterocycles. The molecule has 3 N–H and O–H groups in total. The number of nitrogens with two attached hydrogens (primary N) is 1. The summed E-state index contributed by atoms with van der Waals surface area (Å²) in [4.78, 5) is 4.27. The van der Waals surface area contributed by atoms with Crippen molar-refractivity contribution in [1.29, 1.82) is 0 Å². The Morgan fingerprint density at radius 3 is 3.12 bits per heavy atom. The van der Waals surface area contributed by atoms with E-state index in [1.165, 1.54) is 12.8 Å². The zero-order chi connectivity index (χ0) is 11.4. The van der Waals surface area contributed by atoms with E-state index in [0.717, 1.165) is 31.0 Å². The van der Waals surface area contributed by atoms with E-state index in [1.807, 2.05) is 13.0 Å². The van der Waals surface area contributed by atoms with Crippen molar-refractivity contribution in [2.24, 2.45) is 0 Å². The number of nitrogens with zero attached hydrogens (tertiary/aromatic N) is 1. The lowest BCUT2D eigenvalue weighted by Gasteiger charge is -2.23. The molecule has 1 aromatic rings. The van der Waals surface area contributed by atoms with Gasteiger partial charge in [0, 0.05) is 13.2 Å². The molecular weight excluding hydrogens is 202 g/mol. The topological polar surface area (TPSA) is 60.2 Å². The number of nitrogen functional groups attached to an aromatic ring is 1. The van der Waals surface area contributed by atoms with E-state index in [0.29, 0.717) is 11.8 Å². The Kier molecular flexibility index (Phi) is 3.62. The second kappa shape index (κ2) is 5.16. The molecule has 2 heterocycles. The molecule has 4 nitrogen and oxygen atoms in total. The number of hydrogen-bond donors (Lipinski definition) is 2. The van der Waals surface area contributed by atoms with Crippen molar-refractivity contribution in [3.63, 3.8) is 0 Å². The molecule has 1 aliphatic heterocycles. The first kappa shape index (κ1) is 11.2. The highest BCUT2D eigenvalue weighted by Gasteiger charge is 2.13. The van der Waals surface area contributed by atoms with Gasteiger partial charge in [0.15, 0.2) is 0 Å². The van der Waals surface area contributed by atoms with Crippen LogP contribution in [-0.4, -0.2) is 24.2 Å². The van der Waals surface area contributed by atoms with Gasteiger partial charge in [0.1, 0.15) is 5.82 Å². The van der Waals surface area contributed by atoms with Gasteiger partial charge in [-0.15, -0.1) is 0 Å². The van der Waals surface area contributed by atoms with Crippen LogP contribution in [0.4, 0.5) is 11.5 Å². The van der Waals surface area contributed by atoms with Gasteiger partial charge in [-0.25, -0.2) is 4.98 Å². The molecule has 16 heavy (non-hydrogen) atoms. The van der Waals surface area contributed by atoms with Crippen LogP contribution in [0.3, 0.4) is 0 Å². The van der Waals surface area contributed by atoms with Gasteiger partial charge in [-0.2, -0.15) is 0 Å². The molecule has 0 aromatic carbocycles. The zero-order valence-corrected chi connectivity index (χ0v) is 9.70. The van der Waals surface area contributed by atoms with Crippen molar-refractivity contribution < 1.29 is 4.74 Å². The Morgan fingerprint density at radius 1 is 1.56 bits per heavy atom. The van der Waals surface area contributed by atoms with Crippen LogP contribution in [0.1, 0.15) is 24.8 Å². The van der Waals surface area contributed by atoms with Crippen LogP contribution in [0.15, 0.2) is 12.3 Å². The van der Waals surface area contributed by atoms with Gasteiger partial charge < -0.3 is 15.8 Å². The molecule has 0 bridgehead atoms. The summed E-state index contributed by atoms with van der Waals surface area (Å²) in [5, 5.41) is 3.32. The predicted molar refractivity (Wildman–Crippen MR) is 65.5 cm³/mol. The summed E-state index contributed by atoms with van der Waals surface area (Å²) < 4.78 is 5.65. The Labute approximate surface area is 96.2 Å². The van der Waals surface area contributed by atoms with E-state index < -0.39 is 0 Å². The van der Waals surface area contributed by atoms with E-state index in [1.54, 1.807) is 6.20 Å². The van der Waals surface area contributed by atoms with Crippen molar-refractivity contribution in [1.82, 2.24) is 4.98 Å². The summed E-state index contributed by atoms with van der Waals surface area (Å²) in [5.41, 5.74) is 7.44. The maximum absolute atomic E-state index is 5.65. The van der Waals surface area contributed by atoms with Crippen molar-refractivity contribution in [3.8, 4) is 0 Å². The SMILES string of the molecule is Cc1cc(N)cnc1NCC1CCCCO1. The van der Waals surface area contributed by atoms with Gasteiger partial charge in [0.05, 0.1) is 18.0 Å². The predicted octanol–water partition coefficient (Wildman–Crippen LogP) is 1.95. The quantitative estimate of drug-likeness (QED) is 0.819. The van der Waals surface area contributed by atoms with E-state index >= 15 is 0 Å². The van der Waals surface area contributed by atoms with Gasteiger partial charge in [-0.1, -0.05) is 0 Å². The first-order valence-electron chi connectivity index (χ1n) is 5.83. The van der Waals surface area contributed by atoms with Crippen LogP contribution < -0.4 is 11.1 Å². The van der Waals surface area contributed by atoms with Gasteiger partial charge in [-0.05, 0) is 37.8 Å². The molecule has 0 radical (unpaired) electrons. The fraction of sp³-hybridized carbons (Fsp3) is 0.583. The number of hydrogen-bond acceptors (Lipinski definition) is 4. The Morgan fingerprint density at radius 2 is 2.44 bits per heavy atom. The summed E-state index contributed by atoms with van der Waals surface area (Å²) in [7, 11) is 0. The molecule has 1 atom stereocenters. The fourth-order valence-electron chi connectivity index (χ4n) is 1.96. The molecule has 1 fully saturated rings. The summed E-state index contributed by atoms with van der Waals surface area (Å²) >= 11 is 0. The highest BCUT2D eigenvalue weighted by molar-refractivity contribution is 5.50. The van der Waals surface area contributed by atoms with Crippen molar-refractivity contribution in [2.45, 2.75) is 32.3 Å². The minimum Gasteiger partial charge on any atom is -0.397 e. The number of aryl methyl sites for hydroxylation is 1. The van der Waals surface area contributed by atoms with Crippen molar-refractivity contribution in [3.05, 3.63) is 17.8 Å². The standard InChI is InChI=1S/C12H19N3O/c1-9-6-10(13)7-14-12(9)15-8-11-4-2-3-5-16-11/h6-7,11H,2-5,8,13H2,1H3,(H,14,15). The second-order valence-corrected chi connectivity index (χ2v) is 4.30.